The predicted molar refractivity (Wildman–Crippen MR) is 23.6 cm³/mol. The van der Waals surface area contributed by atoms with Gasteiger partial charge in [0.1, 0.15) is 0 Å². The van der Waals surface area contributed by atoms with Crippen molar-refractivity contribution >= 4 is 24.9 Å². The van der Waals surface area contributed by atoms with E-state index in [1.165, 1.54) is 0 Å². The Kier molecular flexibility index (Phi) is 10.1. The summed E-state index contributed by atoms with van der Waals surface area (Å²) in [5.41, 5.74) is 0. The summed E-state index contributed by atoms with van der Waals surface area (Å²) >= 11 is -5.12. The minimum atomic E-state index is -5.17. The zero-order valence-corrected chi connectivity index (χ0v) is 10.6. The molecule has 3 N–H and O–H groups in total. The molecule has 0 saturated carbocycles. The van der Waals surface area contributed by atoms with Crippen molar-refractivity contribution < 1.29 is 53.0 Å². The molecule has 0 aromatic heterocycles. The maximum absolute atomic E-state index is 8.94. The number of rotatable bonds is 0. The van der Waals surface area contributed by atoms with Crippen molar-refractivity contribution in [2.45, 2.75) is 0 Å². The Hall–Kier alpha value is 0.732. The third-order valence-corrected chi connectivity index (χ3v) is 0. The second-order valence-corrected chi connectivity index (χ2v) is 3.89. The standard InChI is InChI=1S/AsH3O4.H2O4S.Zn/c2-1(3,4)5;1-5(2,3)4;/h(H3,2,3,4,5);(H2,1,2,3,4);/q;;+2/p-2. The van der Waals surface area contributed by atoms with Crippen molar-refractivity contribution in [3.05, 3.63) is 0 Å². The van der Waals surface area contributed by atoms with E-state index in [0.717, 1.165) is 0 Å². The first-order valence-corrected chi connectivity index (χ1v) is 6.07. The van der Waals surface area contributed by atoms with Crippen LogP contribution in [0.5, 0.6) is 0 Å². The van der Waals surface area contributed by atoms with Crippen molar-refractivity contribution in [3.8, 4) is 0 Å². The Balaban J connectivity index is -0.000000107. The topological polar surface area (TPSA) is 158 Å². The zero-order chi connectivity index (χ0) is 9.00. The van der Waals surface area contributed by atoms with E-state index in [1.807, 2.05) is 0 Å². The van der Waals surface area contributed by atoms with Crippen LogP contribution in [0.15, 0.2) is 0 Å². The summed E-state index contributed by atoms with van der Waals surface area (Å²) < 4.78 is 64.8. The third-order valence-electron chi connectivity index (χ3n) is 0. The van der Waals surface area contributed by atoms with Crippen molar-refractivity contribution in [3.63, 3.8) is 0 Å². The van der Waals surface area contributed by atoms with E-state index in [-0.39, 0.29) is 19.5 Å². The summed E-state index contributed by atoms with van der Waals surface area (Å²) in [7, 11) is -5.17. The van der Waals surface area contributed by atoms with Gasteiger partial charge < -0.3 is 9.11 Å². The largest absolute Gasteiger partial charge is 2.00 e. The first-order valence-electron chi connectivity index (χ1n) is 1.45. The van der Waals surface area contributed by atoms with Gasteiger partial charge in [-0.3, -0.25) is 8.42 Å². The molecule has 8 nitrogen and oxygen atoms in total. The molecule has 0 aliphatic carbocycles. The molecule has 0 amide bonds. The monoisotopic (exact) mass is 302 g/mol. The first kappa shape index (κ1) is 17.7. The molecule has 0 rings (SSSR count). The summed E-state index contributed by atoms with van der Waals surface area (Å²) in [5, 5.41) is 0. The van der Waals surface area contributed by atoms with Crippen LogP contribution in [0.4, 0.5) is 0 Å². The van der Waals surface area contributed by atoms with Crippen molar-refractivity contribution in [2.75, 3.05) is 0 Å². The van der Waals surface area contributed by atoms with Crippen molar-refractivity contribution in [2.24, 2.45) is 0 Å². The van der Waals surface area contributed by atoms with E-state index in [1.54, 1.807) is 0 Å². The molecule has 0 spiro atoms. The summed E-state index contributed by atoms with van der Waals surface area (Å²) in [6.45, 7) is 0. The SMILES string of the molecule is O=S(=O)([O-])[O-].O=[As](O)(O)O.[Zn+2]. The van der Waals surface area contributed by atoms with Gasteiger partial charge in [-0.15, -0.1) is 0 Å². The maximum atomic E-state index is 8.94. The molecule has 0 bridgehead atoms. The van der Waals surface area contributed by atoms with Gasteiger partial charge in [0.05, 0.1) is 0 Å². The molecular weight excluding hydrogens is 300 g/mol. The first-order chi connectivity index (χ1) is 4.00. The van der Waals surface area contributed by atoms with Gasteiger partial charge in [0.2, 0.25) is 0 Å². The molecule has 11 heteroatoms. The van der Waals surface area contributed by atoms with Crippen LogP contribution in [-0.4, -0.2) is 44.3 Å². The van der Waals surface area contributed by atoms with Crippen molar-refractivity contribution in [1.82, 2.24) is 0 Å². The van der Waals surface area contributed by atoms with Crippen LogP contribution >= 0.6 is 0 Å². The van der Waals surface area contributed by atoms with E-state index in [2.05, 4.69) is 0 Å². The van der Waals surface area contributed by atoms with E-state index in [0.29, 0.717) is 0 Å². The second-order valence-electron chi connectivity index (χ2n) is 0.922. The van der Waals surface area contributed by atoms with Gasteiger partial charge >= 0.3 is 50.0 Å². The average molecular weight is 303 g/mol. The van der Waals surface area contributed by atoms with E-state index in [9.17, 15) is 0 Å². The van der Waals surface area contributed by atoms with Crippen LogP contribution in [0.2, 0.25) is 0 Å². The van der Waals surface area contributed by atoms with Crippen LogP contribution in [0.25, 0.3) is 0 Å². The van der Waals surface area contributed by atoms with E-state index >= 15 is 0 Å². The number of hydrogen-bond acceptors (Lipinski definition) is 5. The maximum Gasteiger partial charge on any atom is 2.00 e. The molecule has 0 aliphatic rings. The Morgan fingerprint density at radius 3 is 1.09 bits per heavy atom. The molecule has 0 heterocycles. The summed E-state index contributed by atoms with van der Waals surface area (Å²) in [6, 6.07) is 0. The Morgan fingerprint density at radius 2 is 1.09 bits per heavy atom. The molecule has 11 heavy (non-hydrogen) atoms. The summed E-state index contributed by atoms with van der Waals surface area (Å²) in [6.07, 6.45) is 0. The molecule has 0 aromatic rings. The summed E-state index contributed by atoms with van der Waals surface area (Å²) in [5.74, 6) is 0. The Bertz CT molecular complexity index is 192. The van der Waals surface area contributed by atoms with Crippen LogP contribution in [0, 0.1) is 0 Å². The average Bonchev–Trinajstić information content (AvgIpc) is 1.12. The van der Waals surface area contributed by atoms with Crippen LogP contribution < -0.4 is 0 Å². The molecule has 0 radical (unpaired) electrons. The second kappa shape index (κ2) is 6.27. The minimum absolute atomic E-state index is 0. The molecule has 0 fully saturated rings. The van der Waals surface area contributed by atoms with E-state index in [4.69, 9.17) is 33.5 Å². The quantitative estimate of drug-likeness (QED) is 0.236. The fraction of sp³-hybridized carbons (Fsp3) is 0. The predicted octanol–water partition coefficient (Wildman–Crippen LogP) is -3.51. The Morgan fingerprint density at radius 1 is 1.09 bits per heavy atom. The van der Waals surface area contributed by atoms with Gasteiger partial charge in [0, 0.05) is 10.4 Å². The van der Waals surface area contributed by atoms with Gasteiger partial charge in [0.15, 0.2) is 0 Å². The van der Waals surface area contributed by atoms with E-state index < -0.39 is 24.9 Å². The van der Waals surface area contributed by atoms with Crippen LogP contribution in [-0.2, 0) is 33.6 Å². The molecular formula is H3AsO8SZn. The van der Waals surface area contributed by atoms with Crippen LogP contribution in [0.1, 0.15) is 0 Å². The summed E-state index contributed by atoms with van der Waals surface area (Å²) in [4.78, 5) is 0. The molecule has 0 unspecified atom stereocenters. The van der Waals surface area contributed by atoms with Gasteiger partial charge in [-0.05, 0) is 0 Å². The molecule has 0 aliphatic heterocycles. The smallest absolute Gasteiger partial charge is 2.00 e. The van der Waals surface area contributed by atoms with Gasteiger partial charge in [-0.1, -0.05) is 0 Å². The minimum Gasteiger partial charge on any atom is 2.00 e. The zero-order valence-electron chi connectivity index (χ0n) is 4.95. The third kappa shape index (κ3) is 1530. The fourth-order valence-corrected chi connectivity index (χ4v) is 0. The van der Waals surface area contributed by atoms with Gasteiger partial charge in [-0.2, -0.15) is 0 Å². The number of hydrogen-bond donors (Lipinski definition) is 3. The normalized spacial score (nSPS) is 10.6. The molecule has 64 valence electrons. The Labute approximate surface area is 77.9 Å². The molecule has 0 atom stereocenters. The fourth-order valence-electron chi connectivity index (χ4n) is 0. The van der Waals surface area contributed by atoms with Gasteiger partial charge in [-0.25, -0.2) is 0 Å². The van der Waals surface area contributed by atoms with Crippen LogP contribution in [0.3, 0.4) is 0 Å². The molecule has 0 saturated heterocycles. The van der Waals surface area contributed by atoms with Gasteiger partial charge in [0.25, 0.3) is 0 Å². The molecule has 0 aromatic carbocycles. The van der Waals surface area contributed by atoms with Crippen molar-refractivity contribution in [1.29, 1.82) is 0 Å².